The van der Waals surface area contributed by atoms with Crippen LogP contribution in [0.4, 0.5) is 0 Å². The Morgan fingerprint density at radius 2 is 2.04 bits per heavy atom. The molecule has 0 aliphatic carbocycles. The summed E-state index contributed by atoms with van der Waals surface area (Å²) in [6.07, 6.45) is 0. The second-order valence-corrected chi connectivity index (χ2v) is 10.8. The van der Waals surface area contributed by atoms with Crippen LogP contribution in [0.5, 0.6) is 0 Å². The van der Waals surface area contributed by atoms with E-state index < -0.39 is 10.0 Å². The molecule has 0 saturated carbocycles. The molecule has 0 atom stereocenters. The molecule has 142 valence electrons. The molecule has 1 aliphatic heterocycles. The van der Waals surface area contributed by atoms with E-state index in [-0.39, 0.29) is 11.2 Å². The SMILES string of the molecule is CN=C(NCCS(=O)(=O)N1CCSCC1)NCC(C)(C)c1cccs1. The Morgan fingerprint density at radius 3 is 2.64 bits per heavy atom. The summed E-state index contributed by atoms with van der Waals surface area (Å²) < 4.78 is 26.3. The normalized spacial score (nSPS) is 17.5. The number of aliphatic imine (C=N–C) groups is 1. The van der Waals surface area contributed by atoms with E-state index in [1.807, 2.05) is 0 Å². The summed E-state index contributed by atoms with van der Waals surface area (Å²) in [5, 5.41) is 8.49. The number of sulfonamides is 1. The Morgan fingerprint density at radius 1 is 1.32 bits per heavy atom. The molecule has 0 amide bonds. The van der Waals surface area contributed by atoms with Crippen LogP contribution in [0, 0.1) is 0 Å². The molecule has 1 saturated heterocycles. The Bertz CT molecular complexity index is 651. The lowest BCUT2D eigenvalue weighted by Gasteiger charge is -2.26. The summed E-state index contributed by atoms with van der Waals surface area (Å²) in [6, 6.07) is 4.19. The molecule has 0 radical (unpaired) electrons. The third-order valence-corrected chi connectivity index (χ3v) is 8.18. The van der Waals surface area contributed by atoms with E-state index in [2.05, 4.69) is 47.0 Å². The van der Waals surface area contributed by atoms with Crippen LogP contribution >= 0.6 is 23.1 Å². The van der Waals surface area contributed by atoms with Crippen molar-refractivity contribution in [3.05, 3.63) is 22.4 Å². The Labute approximate surface area is 159 Å². The van der Waals surface area contributed by atoms with Gasteiger partial charge in [-0.15, -0.1) is 11.3 Å². The van der Waals surface area contributed by atoms with E-state index in [1.54, 1.807) is 34.5 Å². The van der Waals surface area contributed by atoms with Crippen molar-refractivity contribution >= 4 is 39.1 Å². The van der Waals surface area contributed by atoms with Gasteiger partial charge in [-0.25, -0.2) is 12.7 Å². The van der Waals surface area contributed by atoms with E-state index in [4.69, 9.17) is 0 Å². The van der Waals surface area contributed by atoms with E-state index in [0.29, 0.717) is 25.6 Å². The molecule has 0 aromatic carbocycles. The molecule has 0 bridgehead atoms. The molecule has 1 aromatic rings. The topological polar surface area (TPSA) is 73.8 Å². The largest absolute Gasteiger partial charge is 0.356 e. The van der Waals surface area contributed by atoms with Crippen molar-refractivity contribution < 1.29 is 8.42 Å². The fraction of sp³-hybridized carbons (Fsp3) is 0.688. The summed E-state index contributed by atoms with van der Waals surface area (Å²) in [6.45, 7) is 6.67. The highest BCUT2D eigenvalue weighted by Gasteiger charge is 2.24. The fourth-order valence-electron chi connectivity index (χ4n) is 2.53. The number of rotatable bonds is 7. The molecule has 1 fully saturated rings. The van der Waals surface area contributed by atoms with Gasteiger partial charge in [-0.1, -0.05) is 19.9 Å². The molecule has 2 heterocycles. The Kier molecular flexibility index (Phi) is 7.60. The molecule has 6 nitrogen and oxygen atoms in total. The number of hydrogen-bond donors (Lipinski definition) is 2. The molecule has 0 unspecified atom stereocenters. The number of nitrogens with one attached hydrogen (secondary N) is 2. The summed E-state index contributed by atoms with van der Waals surface area (Å²) in [5.41, 5.74) is -0.0106. The van der Waals surface area contributed by atoms with Crippen molar-refractivity contribution in [2.75, 3.05) is 50.5 Å². The van der Waals surface area contributed by atoms with Gasteiger partial charge >= 0.3 is 0 Å². The highest BCUT2D eigenvalue weighted by molar-refractivity contribution is 7.99. The molecule has 1 aromatic heterocycles. The second-order valence-electron chi connectivity index (χ2n) is 6.54. The number of thiophene rings is 1. The first-order valence-corrected chi connectivity index (χ1v) is 12.0. The van der Waals surface area contributed by atoms with E-state index in [0.717, 1.165) is 18.1 Å². The van der Waals surface area contributed by atoms with Crippen LogP contribution in [0.2, 0.25) is 0 Å². The van der Waals surface area contributed by atoms with Crippen molar-refractivity contribution in [2.24, 2.45) is 4.99 Å². The predicted molar refractivity (Wildman–Crippen MR) is 109 cm³/mol. The minimum Gasteiger partial charge on any atom is -0.356 e. The minimum atomic E-state index is -3.19. The highest BCUT2D eigenvalue weighted by Crippen LogP contribution is 2.26. The van der Waals surface area contributed by atoms with Gasteiger partial charge in [-0.05, 0) is 11.4 Å². The zero-order valence-electron chi connectivity index (χ0n) is 15.1. The highest BCUT2D eigenvalue weighted by atomic mass is 32.2. The Balaban J connectivity index is 1.78. The zero-order chi connectivity index (χ0) is 18.3. The van der Waals surface area contributed by atoms with Gasteiger partial charge in [-0.2, -0.15) is 11.8 Å². The van der Waals surface area contributed by atoms with Crippen molar-refractivity contribution in [3.63, 3.8) is 0 Å². The van der Waals surface area contributed by atoms with Crippen molar-refractivity contribution in [1.29, 1.82) is 0 Å². The van der Waals surface area contributed by atoms with E-state index in [9.17, 15) is 8.42 Å². The molecule has 2 rings (SSSR count). The molecular weight excluding hydrogens is 376 g/mol. The number of nitrogens with zero attached hydrogens (tertiary/aromatic N) is 2. The third kappa shape index (κ3) is 6.16. The van der Waals surface area contributed by atoms with Gasteiger partial charge in [0, 0.05) is 55.0 Å². The monoisotopic (exact) mass is 404 g/mol. The van der Waals surface area contributed by atoms with E-state index in [1.165, 1.54) is 4.88 Å². The second kappa shape index (κ2) is 9.25. The van der Waals surface area contributed by atoms with Crippen LogP contribution in [-0.4, -0.2) is 69.2 Å². The maximum atomic E-state index is 12.3. The van der Waals surface area contributed by atoms with Gasteiger partial charge in [0.1, 0.15) is 0 Å². The number of guanidine groups is 1. The lowest BCUT2D eigenvalue weighted by Crippen LogP contribution is -2.46. The van der Waals surface area contributed by atoms with Gasteiger partial charge in [0.25, 0.3) is 0 Å². The Hall–Kier alpha value is -0.770. The van der Waals surface area contributed by atoms with Crippen molar-refractivity contribution in [1.82, 2.24) is 14.9 Å². The third-order valence-electron chi connectivity index (χ3n) is 4.13. The first-order valence-electron chi connectivity index (χ1n) is 8.39. The van der Waals surface area contributed by atoms with Gasteiger partial charge < -0.3 is 10.6 Å². The summed E-state index contributed by atoms with van der Waals surface area (Å²) in [4.78, 5) is 5.50. The molecule has 1 aliphatic rings. The quantitative estimate of drug-likeness (QED) is 0.533. The molecular formula is C16H28N4O2S3. The molecule has 0 spiro atoms. The summed E-state index contributed by atoms with van der Waals surface area (Å²) in [5.74, 6) is 2.49. The van der Waals surface area contributed by atoms with Crippen molar-refractivity contribution in [3.8, 4) is 0 Å². The maximum Gasteiger partial charge on any atom is 0.215 e. The summed E-state index contributed by atoms with van der Waals surface area (Å²) >= 11 is 3.54. The van der Waals surface area contributed by atoms with E-state index >= 15 is 0 Å². The van der Waals surface area contributed by atoms with Gasteiger partial charge in [0.15, 0.2) is 5.96 Å². The molecule has 9 heteroatoms. The molecule has 25 heavy (non-hydrogen) atoms. The van der Waals surface area contributed by atoms with Gasteiger partial charge in [0.05, 0.1) is 5.75 Å². The maximum absolute atomic E-state index is 12.3. The fourth-order valence-corrected chi connectivity index (χ4v) is 5.87. The number of thioether (sulfide) groups is 1. The van der Waals surface area contributed by atoms with Crippen molar-refractivity contribution in [2.45, 2.75) is 19.3 Å². The van der Waals surface area contributed by atoms with Gasteiger partial charge in [-0.3, -0.25) is 4.99 Å². The number of hydrogen-bond acceptors (Lipinski definition) is 5. The zero-order valence-corrected chi connectivity index (χ0v) is 17.6. The summed E-state index contributed by atoms with van der Waals surface area (Å²) in [7, 11) is -1.49. The first-order chi connectivity index (χ1) is 11.8. The van der Waals surface area contributed by atoms with Crippen LogP contribution in [0.15, 0.2) is 22.5 Å². The van der Waals surface area contributed by atoms with Crippen LogP contribution in [0.3, 0.4) is 0 Å². The van der Waals surface area contributed by atoms with Crippen LogP contribution in [0.1, 0.15) is 18.7 Å². The smallest absolute Gasteiger partial charge is 0.215 e. The van der Waals surface area contributed by atoms with Gasteiger partial charge in [0.2, 0.25) is 10.0 Å². The lowest BCUT2D eigenvalue weighted by atomic mass is 9.91. The van der Waals surface area contributed by atoms with Crippen LogP contribution in [-0.2, 0) is 15.4 Å². The first kappa shape index (κ1) is 20.5. The average Bonchev–Trinajstić information content (AvgIpc) is 3.14. The predicted octanol–water partition coefficient (Wildman–Crippen LogP) is 1.57. The average molecular weight is 405 g/mol. The minimum absolute atomic E-state index is 0.0106. The molecule has 2 N–H and O–H groups in total. The standard InChI is InChI=1S/C16H28N4O2S3/c1-16(2,14-5-4-9-24-14)13-19-15(17-3)18-6-12-25(21,22)20-7-10-23-11-8-20/h4-5,9H,6-8,10-13H2,1-3H3,(H2,17,18,19). The van der Waals surface area contributed by atoms with Crippen LogP contribution < -0.4 is 10.6 Å². The lowest BCUT2D eigenvalue weighted by molar-refractivity contribution is 0.443. The van der Waals surface area contributed by atoms with Crippen LogP contribution in [0.25, 0.3) is 0 Å².